The third-order valence-corrected chi connectivity index (χ3v) is 1.32. The van der Waals surface area contributed by atoms with Crippen molar-refractivity contribution in [2.75, 3.05) is 13.6 Å². The Labute approximate surface area is 74.0 Å². The number of nitrogens with zero attached hydrogens (tertiary/aromatic N) is 1. The predicted molar refractivity (Wildman–Crippen MR) is 49.1 cm³/mol. The molecule has 0 spiro atoms. The van der Waals surface area contributed by atoms with E-state index in [1.807, 2.05) is 13.8 Å². The van der Waals surface area contributed by atoms with Gasteiger partial charge in [0.1, 0.15) is 0 Å². The normalized spacial score (nSPS) is 9.67. The first-order chi connectivity index (χ1) is 5.57. The third kappa shape index (κ3) is 4.77. The van der Waals surface area contributed by atoms with Gasteiger partial charge < -0.3 is 9.64 Å². The molecule has 0 aliphatic heterocycles. The van der Waals surface area contributed by atoms with Crippen molar-refractivity contribution in [2.45, 2.75) is 26.4 Å². The maximum Gasteiger partial charge on any atom is 0.409 e. The van der Waals surface area contributed by atoms with Gasteiger partial charge in [-0.2, -0.15) is 0 Å². The Balaban J connectivity index is 3.68. The Bertz CT molecular complexity index is 155. The van der Waals surface area contributed by atoms with Gasteiger partial charge in [0.05, 0.1) is 6.10 Å². The van der Waals surface area contributed by atoms with Crippen LogP contribution in [0.15, 0.2) is 12.7 Å². The van der Waals surface area contributed by atoms with Crippen molar-refractivity contribution < 1.29 is 9.53 Å². The Morgan fingerprint density at radius 1 is 1.67 bits per heavy atom. The fourth-order valence-electron chi connectivity index (χ4n) is 0.668. The fraction of sp³-hybridized carbons (Fsp3) is 0.667. The van der Waals surface area contributed by atoms with Gasteiger partial charge in [0, 0.05) is 13.6 Å². The monoisotopic (exact) mass is 171 g/mol. The van der Waals surface area contributed by atoms with Crippen molar-refractivity contribution in [3.63, 3.8) is 0 Å². The van der Waals surface area contributed by atoms with Crippen molar-refractivity contribution in [1.29, 1.82) is 0 Å². The molecule has 0 rings (SSSR count). The van der Waals surface area contributed by atoms with Crippen LogP contribution in [0.5, 0.6) is 0 Å². The molecule has 1 amide bonds. The van der Waals surface area contributed by atoms with Crippen LogP contribution in [-0.2, 0) is 4.74 Å². The largest absolute Gasteiger partial charge is 0.447 e. The lowest BCUT2D eigenvalue weighted by Gasteiger charge is -2.17. The lowest BCUT2D eigenvalue weighted by Crippen LogP contribution is -2.30. The van der Waals surface area contributed by atoms with E-state index in [2.05, 4.69) is 6.58 Å². The first kappa shape index (κ1) is 11.0. The van der Waals surface area contributed by atoms with Gasteiger partial charge >= 0.3 is 6.09 Å². The maximum absolute atomic E-state index is 11.1. The number of carbonyl (C=O) groups excluding carboxylic acids is 1. The predicted octanol–water partition coefficient (Wildman–Crippen LogP) is 2.04. The SMILES string of the molecule is C=CCCN(C)C(=O)OC(C)C. The smallest absolute Gasteiger partial charge is 0.409 e. The van der Waals surface area contributed by atoms with Crippen molar-refractivity contribution in [1.82, 2.24) is 4.90 Å². The molecule has 70 valence electrons. The van der Waals surface area contributed by atoms with E-state index < -0.39 is 0 Å². The van der Waals surface area contributed by atoms with E-state index in [9.17, 15) is 4.79 Å². The molecule has 3 heteroatoms. The highest BCUT2D eigenvalue weighted by molar-refractivity contribution is 5.67. The van der Waals surface area contributed by atoms with Gasteiger partial charge in [-0.15, -0.1) is 6.58 Å². The first-order valence-electron chi connectivity index (χ1n) is 4.10. The lowest BCUT2D eigenvalue weighted by atomic mass is 10.4. The van der Waals surface area contributed by atoms with Gasteiger partial charge in [-0.1, -0.05) is 6.08 Å². The van der Waals surface area contributed by atoms with Gasteiger partial charge in [0.2, 0.25) is 0 Å². The van der Waals surface area contributed by atoms with Crippen LogP contribution in [-0.4, -0.2) is 30.7 Å². The molecule has 3 nitrogen and oxygen atoms in total. The van der Waals surface area contributed by atoms with E-state index >= 15 is 0 Å². The highest BCUT2D eigenvalue weighted by Crippen LogP contribution is 1.96. The Morgan fingerprint density at radius 2 is 2.25 bits per heavy atom. The molecule has 0 saturated carbocycles. The van der Waals surface area contributed by atoms with Crippen molar-refractivity contribution in [3.8, 4) is 0 Å². The van der Waals surface area contributed by atoms with E-state index in [0.29, 0.717) is 6.54 Å². The molecule has 0 bridgehead atoms. The average Bonchev–Trinajstić information content (AvgIpc) is 1.98. The molecule has 0 aliphatic rings. The highest BCUT2D eigenvalue weighted by Gasteiger charge is 2.09. The van der Waals surface area contributed by atoms with Crippen LogP contribution >= 0.6 is 0 Å². The summed E-state index contributed by atoms with van der Waals surface area (Å²) in [6.45, 7) is 7.90. The Kier molecular flexibility index (Phi) is 5.17. The number of rotatable bonds is 4. The number of carbonyl (C=O) groups is 1. The van der Waals surface area contributed by atoms with Crippen LogP contribution < -0.4 is 0 Å². The molecule has 0 fully saturated rings. The Morgan fingerprint density at radius 3 is 2.67 bits per heavy atom. The van der Waals surface area contributed by atoms with Gasteiger partial charge in [0.15, 0.2) is 0 Å². The summed E-state index contributed by atoms with van der Waals surface area (Å²) in [4.78, 5) is 12.7. The van der Waals surface area contributed by atoms with E-state index in [-0.39, 0.29) is 12.2 Å². The summed E-state index contributed by atoms with van der Waals surface area (Å²) in [6, 6.07) is 0. The molecule has 0 saturated heterocycles. The van der Waals surface area contributed by atoms with Crippen molar-refractivity contribution >= 4 is 6.09 Å². The van der Waals surface area contributed by atoms with Crippen LogP contribution in [0.25, 0.3) is 0 Å². The summed E-state index contributed by atoms with van der Waals surface area (Å²) in [5.74, 6) is 0. The van der Waals surface area contributed by atoms with Crippen LogP contribution in [0, 0.1) is 0 Å². The van der Waals surface area contributed by atoms with Crippen LogP contribution in [0.1, 0.15) is 20.3 Å². The number of amides is 1. The molecule has 0 radical (unpaired) electrons. The summed E-state index contributed by atoms with van der Waals surface area (Å²) in [7, 11) is 1.72. The zero-order valence-electron chi connectivity index (χ0n) is 8.04. The molecular weight excluding hydrogens is 154 g/mol. The summed E-state index contributed by atoms with van der Waals surface area (Å²) >= 11 is 0. The zero-order chi connectivity index (χ0) is 9.56. The fourth-order valence-corrected chi connectivity index (χ4v) is 0.668. The summed E-state index contributed by atoms with van der Waals surface area (Å²) in [6.07, 6.45) is 2.25. The minimum absolute atomic E-state index is 0.0521. The second-order valence-electron chi connectivity index (χ2n) is 2.93. The first-order valence-corrected chi connectivity index (χ1v) is 4.10. The van der Waals surface area contributed by atoms with Gasteiger partial charge in [-0.05, 0) is 20.3 Å². The van der Waals surface area contributed by atoms with Crippen LogP contribution in [0.2, 0.25) is 0 Å². The minimum Gasteiger partial charge on any atom is -0.447 e. The number of ether oxygens (including phenoxy) is 1. The van der Waals surface area contributed by atoms with Gasteiger partial charge in [-0.25, -0.2) is 4.79 Å². The molecule has 0 aromatic heterocycles. The molecule has 12 heavy (non-hydrogen) atoms. The molecule has 0 heterocycles. The van der Waals surface area contributed by atoms with E-state index in [1.165, 1.54) is 0 Å². The van der Waals surface area contributed by atoms with Gasteiger partial charge in [0.25, 0.3) is 0 Å². The summed E-state index contributed by atoms with van der Waals surface area (Å²) < 4.78 is 4.96. The maximum atomic E-state index is 11.1. The molecule has 0 aromatic rings. The molecule has 0 aliphatic carbocycles. The number of hydrogen-bond donors (Lipinski definition) is 0. The zero-order valence-corrected chi connectivity index (χ0v) is 8.04. The standard InChI is InChI=1S/C9H17NO2/c1-5-6-7-10(4)9(11)12-8(2)3/h5,8H,1,6-7H2,2-4H3. The highest BCUT2D eigenvalue weighted by atomic mass is 16.6. The molecule has 0 aromatic carbocycles. The van der Waals surface area contributed by atoms with Crippen LogP contribution in [0.3, 0.4) is 0 Å². The minimum atomic E-state index is -0.271. The van der Waals surface area contributed by atoms with Gasteiger partial charge in [-0.3, -0.25) is 0 Å². The molecule has 0 N–H and O–H groups in total. The average molecular weight is 171 g/mol. The Hall–Kier alpha value is -0.990. The van der Waals surface area contributed by atoms with E-state index in [0.717, 1.165) is 6.42 Å². The van der Waals surface area contributed by atoms with Crippen molar-refractivity contribution in [2.24, 2.45) is 0 Å². The molecule has 0 atom stereocenters. The lowest BCUT2D eigenvalue weighted by molar-refractivity contribution is 0.0845. The van der Waals surface area contributed by atoms with E-state index in [1.54, 1.807) is 18.0 Å². The second kappa shape index (κ2) is 5.63. The quantitative estimate of drug-likeness (QED) is 0.606. The molecular formula is C9H17NO2. The summed E-state index contributed by atoms with van der Waals surface area (Å²) in [5, 5.41) is 0. The second-order valence-corrected chi connectivity index (χ2v) is 2.93. The molecule has 0 unspecified atom stereocenters. The van der Waals surface area contributed by atoms with Crippen LogP contribution in [0.4, 0.5) is 4.79 Å². The summed E-state index contributed by atoms with van der Waals surface area (Å²) in [5.41, 5.74) is 0. The van der Waals surface area contributed by atoms with Crippen molar-refractivity contribution in [3.05, 3.63) is 12.7 Å². The number of hydrogen-bond acceptors (Lipinski definition) is 2. The van der Waals surface area contributed by atoms with E-state index in [4.69, 9.17) is 4.74 Å². The third-order valence-electron chi connectivity index (χ3n) is 1.32. The topological polar surface area (TPSA) is 29.5 Å².